The van der Waals surface area contributed by atoms with Crippen molar-refractivity contribution in [2.45, 2.75) is 25.0 Å². The maximum absolute atomic E-state index is 11.5. The van der Waals surface area contributed by atoms with Crippen molar-refractivity contribution < 1.29 is 29.0 Å². The molecule has 8 nitrogen and oxygen atoms in total. The second-order valence-electron chi connectivity index (χ2n) is 6.13. The average molecular weight is 370 g/mol. The first-order valence-electron chi connectivity index (χ1n) is 8.26. The number of alkyl carbamates (subject to hydrolysis) is 1. The van der Waals surface area contributed by atoms with Crippen molar-refractivity contribution >= 4 is 18.0 Å². The van der Waals surface area contributed by atoms with Crippen LogP contribution < -0.4 is 15.8 Å². The molecule has 1 saturated heterocycles. The Morgan fingerprint density at radius 1 is 1.07 bits per heavy atom. The summed E-state index contributed by atoms with van der Waals surface area (Å²) < 4.78 is 10.6. The van der Waals surface area contributed by atoms with E-state index in [9.17, 15) is 14.4 Å². The number of hydrogen-bond acceptors (Lipinski definition) is 6. The van der Waals surface area contributed by atoms with Gasteiger partial charge in [-0.05, 0) is 41.8 Å². The van der Waals surface area contributed by atoms with Crippen LogP contribution in [0.3, 0.4) is 0 Å². The number of amides is 2. The number of carboxylic acid groups (broad SMARTS) is 1. The highest BCUT2D eigenvalue weighted by molar-refractivity contribution is 6.00. The number of carboxylic acids is 1. The standard InChI is InChI=1S/C19H18N2O6/c20-15(18(23)24)9-11-1-5-13(6-2-11)26-14-7-3-12(4-8-14)10-16-17(22)21-19(25)27-16/h1-8,15-16H,9-10,20H2,(H,23,24)(H,21,22,25). The highest BCUT2D eigenvalue weighted by Gasteiger charge is 2.31. The quantitative estimate of drug-likeness (QED) is 0.675. The number of rotatable bonds is 7. The summed E-state index contributed by atoms with van der Waals surface area (Å²) in [5.74, 6) is -0.288. The van der Waals surface area contributed by atoms with Gasteiger partial charge in [-0.1, -0.05) is 24.3 Å². The van der Waals surface area contributed by atoms with Crippen molar-refractivity contribution in [3.8, 4) is 11.5 Å². The van der Waals surface area contributed by atoms with Gasteiger partial charge in [0.1, 0.15) is 17.5 Å². The lowest BCUT2D eigenvalue weighted by Gasteiger charge is -2.10. The lowest BCUT2D eigenvalue weighted by Crippen LogP contribution is -2.32. The lowest BCUT2D eigenvalue weighted by atomic mass is 10.1. The van der Waals surface area contributed by atoms with E-state index in [1.165, 1.54) is 0 Å². The van der Waals surface area contributed by atoms with Crippen LogP contribution in [0.1, 0.15) is 11.1 Å². The molecule has 0 aliphatic carbocycles. The number of hydrogen-bond donors (Lipinski definition) is 3. The Bertz CT molecular complexity index is 848. The first-order chi connectivity index (χ1) is 12.9. The topological polar surface area (TPSA) is 128 Å². The van der Waals surface area contributed by atoms with Crippen LogP contribution in [0.15, 0.2) is 48.5 Å². The highest BCUT2D eigenvalue weighted by atomic mass is 16.6. The maximum Gasteiger partial charge on any atom is 0.414 e. The zero-order valence-corrected chi connectivity index (χ0v) is 14.3. The number of benzene rings is 2. The van der Waals surface area contributed by atoms with Gasteiger partial charge in [0.2, 0.25) is 0 Å². The first-order valence-corrected chi connectivity index (χ1v) is 8.26. The Hall–Kier alpha value is -3.39. The molecule has 0 radical (unpaired) electrons. The summed E-state index contributed by atoms with van der Waals surface area (Å²) in [7, 11) is 0. The molecule has 0 spiro atoms. The number of carbonyl (C=O) groups excluding carboxylic acids is 2. The monoisotopic (exact) mass is 370 g/mol. The summed E-state index contributed by atoms with van der Waals surface area (Å²) in [5.41, 5.74) is 7.15. The van der Waals surface area contributed by atoms with E-state index < -0.39 is 30.1 Å². The fourth-order valence-electron chi connectivity index (χ4n) is 2.61. The Balaban J connectivity index is 1.57. The summed E-state index contributed by atoms with van der Waals surface area (Å²) >= 11 is 0. The molecule has 0 aromatic heterocycles. The molecule has 0 bridgehead atoms. The predicted molar refractivity (Wildman–Crippen MR) is 94.4 cm³/mol. The van der Waals surface area contributed by atoms with Crippen molar-refractivity contribution in [2.24, 2.45) is 5.73 Å². The Morgan fingerprint density at radius 3 is 2.11 bits per heavy atom. The van der Waals surface area contributed by atoms with Crippen LogP contribution in [0.2, 0.25) is 0 Å². The van der Waals surface area contributed by atoms with E-state index in [0.29, 0.717) is 11.5 Å². The van der Waals surface area contributed by atoms with E-state index in [4.69, 9.17) is 20.3 Å². The number of imide groups is 1. The summed E-state index contributed by atoms with van der Waals surface area (Å²) in [6, 6.07) is 13.1. The molecule has 1 aliphatic heterocycles. The summed E-state index contributed by atoms with van der Waals surface area (Å²) in [4.78, 5) is 33.3. The molecule has 4 N–H and O–H groups in total. The number of ether oxygens (including phenoxy) is 2. The van der Waals surface area contributed by atoms with Crippen molar-refractivity contribution in [2.75, 3.05) is 0 Å². The minimum atomic E-state index is -1.04. The van der Waals surface area contributed by atoms with Crippen molar-refractivity contribution in [1.82, 2.24) is 5.32 Å². The molecule has 3 rings (SSSR count). The summed E-state index contributed by atoms with van der Waals surface area (Å²) in [6.45, 7) is 0. The van der Waals surface area contributed by atoms with Gasteiger partial charge in [0, 0.05) is 6.42 Å². The van der Waals surface area contributed by atoms with Gasteiger partial charge >= 0.3 is 12.1 Å². The summed E-state index contributed by atoms with van der Waals surface area (Å²) in [6.07, 6.45) is -1.01. The molecule has 1 heterocycles. The molecule has 2 atom stereocenters. The van der Waals surface area contributed by atoms with Crippen LogP contribution in [0.25, 0.3) is 0 Å². The molecule has 2 amide bonds. The van der Waals surface area contributed by atoms with Crippen LogP contribution in [-0.2, 0) is 27.2 Å². The fourth-order valence-corrected chi connectivity index (χ4v) is 2.61. The second-order valence-corrected chi connectivity index (χ2v) is 6.13. The zero-order chi connectivity index (χ0) is 19.4. The van der Waals surface area contributed by atoms with Crippen LogP contribution in [0, 0.1) is 0 Å². The first kappa shape index (κ1) is 18.4. The van der Waals surface area contributed by atoms with Gasteiger partial charge in [-0.15, -0.1) is 0 Å². The third kappa shape index (κ3) is 4.83. The second kappa shape index (κ2) is 7.88. The number of carbonyl (C=O) groups is 3. The maximum atomic E-state index is 11.5. The van der Waals surface area contributed by atoms with E-state index in [1.807, 2.05) is 0 Å². The van der Waals surface area contributed by atoms with Crippen molar-refractivity contribution in [3.63, 3.8) is 0 Å². The molecule has 1 fully saturated rings. The molecular weight excluding hydrogens is 352 g/mol. The highest BCUT2D eigenvalue weighted by Crippen LogP contribution is 2.23. The molecule has 140 valence electrons. The van der Waals surface area contributed by atoms with E-state index in [2.05, 4.69) is 5.32 Å². The zero-order valence-electron chi connectivity index (χ0n) is 14.3. The molecule has 27 heavy (non-hydrogen) atoms. The number of nitrogens with two attached hydrogens (primary N) is 1. The van der Waals surface area contributed by atoms with Gasteiger partial charge in [0.15, 0.2) is 6.10 Å². The SMILES string of the molecule is NC(Cc1ccc(Oc2ccc(CC3OC(=O)NC3=O)cc2)cc1)C(=O)O. The molecule has 2 unspecified atom stereocenters. The van der Waals surface area contributed by atoms with Gasteiger partial charge in [0.25, 0.3) is 5.91 Å². The normalized spacial score (nSPS) is 17.1. The van der Waals surface area contributed by atoms with Gasteiger partial charge in [-0.3, -0.25) is 14.9 Å². The van der Waals surface area contributed by atoms with E-state index in [1.54, 1.807) is 48.5 Å². The summed E-state index contributed by atoms with van der Waals surface area (Å²) in [5, 5.41) is 10.9. The number of aliphatic carboxylic acids is 1. The van der Waals surface area contributed by atoms with E-state index in [-0.39, 0.29) is 12.8 Å². The lowest BCUT2D eigenvalue weighted by molar-refractivity contribution is -0.138. The van der Waals surface area contributed by atoms with Gasteiger partial charge in [0.05, 0.1) is 0 Å². The Kier molecular flexibility index (Phi) is 5.37. The molecular formula is C19H18N2O6. The van der Waals surface area contributed by atoms with Crippen molar-refractivity contribution in [3.05, 3.63) is 59.7 Å². The molecule has 0 saturated carbocycles. The number of cyclic esters (lactones) is 1. The molecule has 1 aliphatic rings. The average Bonchev–Trinajstić information content (AvgIpc) is 2.95. The minimum Gasteiger partial charge on any atom is -0.480 e. The van der Waals surface area contributed by atoms with Crippen LogP contribution in [-0.4, -0.2) is 35.2 Å². The smallest absolute Gasteiger partial charge is 0.414 e. The van der Waals surface area contributed by atoms with E-state index in [0.717, 1.165) is 11.1 Å². The predicted octanol–water partition coefficient (Wildman–Crippen LogP) is 1.61. The van der Waals surface area contributed by atoms with Gasteiger partial charge in [-0.2, -0.15) is 0 Å². The van der Waals surface area contributed by atoms with Crippen LogP contribution in [0.4, 0.5) is 4.79 Å². The van der Waals surface area contributed by atoms with Gasteiger partial charge < -0.3 is 20.3 Å². The van der Waals surface area contributed by atoms with Crippen molar-refractivity contribution in [1.29, 1.82) is 0 Å². The Morgan fingerprint density at radius 2 is 1.63 bits per heavy atom. The van der Waals surface area contributed by atoms with Crippen LogP contribution >= 0.6 is 0 Å². The third-order valence-electron chi connectivity index (χ3n) is 4.04. The largest absolute Gasteiger partial charge is 0.480 e. The fraction of sp³-hybridized carbons (Fsp3) is 0.211. The van der Waals surface area contributed by atoms with Gasteiger partial charge in [-0.25, -0.2) is 4.79 Å². The molecule has 8 heteroatoms. The Labute approximate surface area is 154 Å². The number of nitrogens with one attached hydrogen (secondary N) is 1. The molecule has 2 aromatic carbocycles. The van der Waals surface area contributed by atoms with E-state index >= 15 is 0 Å². The third-order valence-corrected chi connectivity index (χ3v) is 4.04. The minimum absolute atomic E-state index is 0.240. The van der Waals surface area contributed by atoms with Crippen LogP contribution in [0.5, 0.6) is 11.5 Å². The molecule has 2 aromatic rings.